The molecule has 1 fully saturated rings. The summed E-state index contributed by atoms with van der Waals surface area (Å²) in [5.41, 5.74) is 0.365. The molecule has 136 valence electrons. The van der Waals surface area contributed by atoms with E-state index < -0.39 is 17.0 Å². The normalized spacial score (nSPS) is 21.2. The van der Waals surface area contributed by atoms with Gasteiger partial charge in [0.15, 0.2) is 6.10 Å². The second kappa shape index (κ2) is 8.09. The van der Waals surface area contributed by atoms with E-state index >= 15 is 0 Å². The van der Waals surface area contributed by atoms with Gasteiger partial charge in [0.1, 0.15) is 0 Å². The Kier molecular flexibility index (Phi) is 6.12. The van der Waals surface area contributed by atoms with E-state index in [1.54, 1.807) is 6.92 Å². The van der Waals surface area contributed by atoms with E-state index in [4.69, 9.17) is 4.74 Å². The average Bonchev–Trinajstić information content (AvgIpc) is 2.56. The number of hydrogen-bond donors (Lipinski definition) is 1. The molecule has 0 spiro atoms. The zero-order valence-corrected chi connectivity index (χ0v) is 14.8. The molecular formula is C18H24N2O5. The summed E-state index contributed by atoms with van der Waals surface area (Å²) in [7, 11) is 0. The molecule has 0 bridgehead atoms. The van der Waals surface area contributed by atoms with Crippen LogP contribution in [0.15, 0.2) is 18.2 Å². The number of rotatable bonds is 5. The molecule has 0 radical (unpaired) electrons. The molecule has 3 atom stereocenters. The zero-order valence-electron chi connectivity index (χ0n) is 14.8. The van der Waals surface area contributed by atoms with Crippen molar-refractivity contribution in [2.75, 3.05) is 0 Å². The van der Waals surface area contributed by atoms with Crippen molar-refractivity contribution in [3.05, 3.63) is 39.4 Å². The van der Waals surface area contributed by atoms with Crippen molar-refractivity contribution >= 4 is 17.6 Å². The summed E-state index contributed by atoms with van der Waals surface area (Å²) in [5, 5.41) is 13.9. The summed E-state index contributed by atoms with van der Waals surface area (Å²) >= 11 is 0. The fourth-order valence-corrected chi connectivity index (χ4v) is 3.05. The Morgan fingerprint density at radius 3 is 2.64 bits per heavy atom. The number of esters is 1. The highest BCUT2D eigenvalue weighted by molar-refractivity contribution is 5.93. The van der Waals surface area contributed by atoms with Crippen LogP contribution < -0.4 is 5.32 Å². The number of aryl methyl sites for hydroxylation is 1. The lowest BCUT2D eigenvalue weighted by Gasteiger charge is -2.30. The van der Waals surface area contributed by atoms with Gasteiger partial charge in [-0.15, -0.1) is 0 Å². The largest absolute Gasteiger partial charge is 0.449 e. The van der Waals surface area contributed by atoms with Gasteiger partial charge in [0, 0.05) is 17.7 Å². The van der Waals surface area contributed by atoms with Crippen LogP contribution in [-0.4, -0.2) is 28.9 Å². The van der Waals surface area contributed by atoms with Crippen LogP contribution in [0.25, 0.3) is 0 Å². The van der Waals surface area contributed by atoms with Crippen LogP contribution in [0.1, 0.15) is 55.5 Å². The SMILES string of the molecule is Cc1ccc(C(=O)O[C@H](C)C(=O)N[C@@H]2CCCC[C@@H]2C)cc1[N+](=O)[O-]. The number of carbonyl (C=O) groups excluding carboxylic acids is 2. The quantitative estimate of drug-likeness (QED) is 0.501. The molecule has 1 aromatic rings. The summed E-state index contributed by atoms with van der Waals surface area (Å²) in [6.07, 6.45) is 3.30. The number of nitro groups is 1. The smallest absolute Gasteiger partial charge is 0.339 e. The minimum Gasteiger partial charge on any atom is -0.449 e. The average molecular weight is 348 g/mol. The number of hydrogen-bond acceptors (Lipinski definition) is 5. The number of ether oxygens (including phenoxy) is 1. The van der Waals surface area contributed by atoms with Crippen LogP contribution in [-0.2, 0) is 9.53 Å². The standard InChI is InChI=1S/C18H24N2O5/c1-11-6-4-5-7-15(11)19-17(21)13(3)25-18(22)14-9-8-12(2)16(10-14)20(23)24/h8-11,13,15H,4-7H2,1-3H3,(H,19,21)/t11-,13+,15+/m0/s1. The molecule has 7 heteroatoms. The Morgan fingerprint density at radius 1 is 1.32 bits per heavy atom. The van der Waals surface area contributed by atoms with E-state index in [2.05, 4.69) is 12.2 Å². The summed E-state index contributed by atoms with van der Waals surface area (Å²) in [4.78, 5) is 34.9. The van der Waals surface area contributed by atoms with Gasteiger partial charge in [0.05, 0.1) is 10.5 Å². The lowest BCUT2D eigenvalue weighted by Crippen LogP contribution is -2.45. The summed E-state index contributed by atoms with van der Waals surface area (Å²) in [5.74, 6) is -0.684. The van der Waals surface area contributed by atoms with E-state index in [0.29, 0.717) is 11.5 Å². The van der Waals surface area contributed by atoms with Gasteiger partial charge in [0.2, 0.25) is 0 Å². The monoisotopic (exact) mass is 348 g/mol. The number of nitrogens with zero attached hydrogens (tertiary/aromatic N) is 1. The van der Waals surface area contributed by atoms with Gasteiger partial charge in [-0.05, 0) is 38.7 Å². The molecule has 1 amide bonds. The maximum Gasteiger partial charge on any atom is 0.339 e. The van der Waals surface area contributed by atoms with Gasteiger partial charge < -0.3 is 10.1 Å². The molecule has 1 saturated carbocycles. The molecule has 1 N–H and O–H groups in total. The summed E-state index contributed by atoms with van der Waals surface area (Å²) < 4.78 is 5.18. The Hall–Kier alpha value is -2.44. The van der Waals surface area contributed by atoms with Gasteiger partial charge in [-0.25, -0.2) is 4.79 Å². The Labute approximate surface area is 146 Å². The minimum absolute atomic E-state index is 0.0583. The Balaban J connectivity index is 1.98. The van der Waals surface area contributed by atoms with Crippen molar-refractivity contribution in [1.29, 1.82) is 0 Å². The molecule has 2 rings (SSSR count). The molecular weight excluding hydrogens is 324 g/mol. The molecule has 0 heterocycles. The number of amides is 1. The lowest BCUT2D eigenvalue weighted by atomic mass is 9.86. The Bertz CT molecular complexity index is 673. The van der Waals surface area contributed by atoms with Crippen molar-refractivity contribution < 1.29 is 19.2 Å². The first-order valence-corrected chi connectivity index (χ1v) is 8.56. The zero-order chi connectivity index (χ0) is 18.6. The Morgan fingerprint density at radius 2 is 2.00 bits per heavy atom. The molecule has 1 aliphatic carbocycles. The van der Waals surface area contributed by atoms with Gasteiger partial charge in [-0.3, -0.25) is 14.9 Å². The van der Waals surface area contributed by atoms with Gasteiger partial charge in [0.25, 0.3) is 11.6 Å². The second-order valence-corrected chi connectivity index (χ2v) is 6.68. The molecule has 0 saturated heterocycles. The predicted octanol–water partition coefficient (Wildman–Crippen LogP) is 3.14. The van der Waals surface area contributed by atoms with Crippen molar-refractivity contribution in [3.63, 3.8) is 0 Å². The van der Waals surface area contributed by atoms with Gasteiger partial charge in [-0.1, -0.05) is 25.8 Å². The van der Waals surface area contributed by atoms with E-state index in [1.165, 1.54) is 31.5 Å². The minimum atomic E-state index is -0.956. The van der Waals surface area contributed by atoms with Crippen LogP contribution in [0.2, 0.25) is 0 Å². The van der Waals surface area contributed by atoms with Crippen LogP contribution in [0.4, 0.5) is 5.69 Å². The van der Waals surface area contributed by atoms with Crippen LogP contribution in [0.3, 0.4) is 0 Å². The van der Waals surface area contributed by atoms with E-state index in [1.807, 2.05) is 0 Å². The first-order valence-electron chi connectivity index (χ1n) is 8.56. The highest BCUT2D eigenvalue weighted by Gasteiger charge is 2.27. The fourth-order valence-electron chi connectivity index (χ4n) is 3.05. The number of carbonyl (C=O) groups is 2. The maximum atomic E-state index is 12.3. The van der Waals surface area contributed by atoms with Crippen molar-refractivity contribution in [2.45, 2.75) is 58.6 Å². The van der Waals surface area contributed by atoms with Gasteiger partial charge >= 0.3 is 5.97 Å². The van der Waals surface area contributed by atoms with Crippen LogP contribution in [0, 0.1) is 23.0 Å². The third kappa shape index (κ3) is 4.78. The molecule has 25 heavy (non-hydrogen) atoms. The van der Waals surface area contributed by atoms with Crippen molar-refractivity contribution in [1.82, 2.24) is 5.32 Å². The third-order valence-electron chi connectivity index (χ3n) is 4.73. The molecule has 1 aromatic carbocycles. The van der Waals surface area contributed by atoms with E-state index in [-0.39, 0.29) is 23.2 Å². The highest BCUT2D eigenvalue weighted by Crippen LogP contribution is 2.24. The highest BCUT2D eigenvalue weighted by atomic mass is 16.6. The topological polar surface area (TPSA) is 98.5 Å². The summed E-state index contributed by atoms with van der Waals surface area (Å²) in [6, 6.07) is 4.22. The molecule has 1 aliphatic rings. The number of nitro benzene ring substituents is 1. The molecule has 0 aliphatic heterocycles. The van der Waals surface area contributed by atoms with Crippen molar-refractivity contribution in [2.24, 2.45) is 5.92 Å². The fraction of sp³-hybridized carbons (Fsp3) is 0.556. The van der Waals surface area contributed by atoms with Crippen LogP contribution in [0.5, 0.6) is 0 Å². The first-order chi connectivity index (χ1) is 11.8. The summed E-state index contributed by atoms with van der Waals surface area (Å²) in [6.45, 7) is 5.20. The van der Waals surface area contributed by atoms with E-state index in [0.717, 1.165) is 19.3 Å². The van der Waals surface area contributed by atoms with E-state index in [9.17, 15) is 19.7 Å². The maximum absolute atomic E-state index is 12.3. The van der Waals surface area contributed by atoms with Gasteiger partial charge in [-0.2, -0.15) is 0 Å². The molecule has 0 unspecified atom stereocenters. The number of benzene rings is 1. The third-order valence-corrected chi connectivity index (χ3v) is 4.73. The van der Waals surface area contributed by atoms with Crippen molar-refractivity contribution in [3.8, 4) is 0 Å². The second-order valence-electron chi connectivity index (χ2n) is 6.68. The number of nitrogens with one attached hydrogen (secondary N) is 1. The first kappa shape index (κ1) is 18.9. The van der Waals surface area contributed by atoms with Crippen LogP contribution >= 0.6 is 0 Å². The lowest BCUT2D eigenvalue weighted by molar-refractivity contribution is -0.385. The molecule has 0 aromatic heterocycles. The predicted molar refractivity (Wildman–Crippen MR) is 92.3 cm³/mol. The molecule has 7 nitrogen and oxygen atoms in total.